The van der Waals surface area contributed by atoms with Gasteiger partial charge in [0.1, 0.15) is 0 Å². The van der Waals surface area contributed by atoms with Crippen molar-refractivity contribution in [2.45, 2.75) is 50.5 Å². The highest BCUT2D eigenvalue weighted by Crippen LogP contribution is 2.52. The molecule has 1 saturated heterocycles. The molecule has 1 aliphatic heterocycles. The predicted molar refractivity (Wildman–Crippen MR) is 98.7 cm³/mol. The average Bonchev–Trinajstić information content (AvgIpc) is 3.04. The van der Waals surface area contributed by atoms with Gasteiger partial charge in [0, 0.05) is 30.0 Å². The lowest BCUT2D eigenvalue weighted by molar-refractivity contribution is -0.153. The van der Waals surface area contributed by atoms with E-state index in [1.807, 2.05) is 11.8 Å². The Bertz CT molecular complexity index is 690. The van der Waals surface area contributed by atoms with Crippen molar-refractivity contribution < 1.29 is 14.3 Å². The highest BCUT2D eigenvalue weighted by molar-refractivity contribution is 5.81. The highest BCUT2D eigenvalue weighted by atomic mass is 16.5. The maximum Gasteiger partial charge on any atom is 0.407 e. The summed E-state index contributed by atoms with van der Waals surface area (Å²) >= 11 is 0. The first-order chi connectivity index (χ1) is 12.4. The maximum atomic E-state index is 12.7. The molecule has 1 heterocycles. The van der Waals surface area contributed by atoms with Crippen LogP contribution in [0.15, 0.2) is 30.3 Å². The molecular formula is C21H28N2O3. The number of nitrogens with one attached hydrogen (secondary N) is 1. The summed E-state index contributed by atoms with van der Waals surface area (Å²) in [6, 6.07) is 10.8. The van der Waals surface area contributed by atoms with Crippen molar-refractivity contribution in [3.63, 3.8) is 0 Å². The lowest BCUT2D eigenvalue weighted by Gasteiger charge is -2.53. The number of carbonyl (C=O) groups is 2. The molecule has 2 amide bonds. The van der Waals surface area contributed by atoms with E-state index in [1.54, 1.807) is 0 Å². The summed E-state index contributed by atoms with van der Waals surface area (Å²) in [7, 11) is 1.36. The molecule has 3 fully saturated rings. The van der Waals surface area contributed by atoms with Crippen molar-refractivity contribution in [1.29, 1.82) is 0 Å². The van der Waals surface area contributed by atoms with Crippen LogP contribution in [-0.4, -0.2) is 42.6 Å². The standard InChI is InChI=1S/C21H28N2O3/c1-20(22-19(25)26-2)10-17(11-20)18(24)23-13-21(14-23)9-8-16(12-21)15-6-4-3-5-7-15/h3-7,16-17H,8-14H2,1-2H3,(H,22,25)/t16-,17?,20?/m1/s1. The van der Waals surface area contributed by atoms with E-state index in [4.69, 9.17) is 0 Å². The number of carbonyl (C=O) groups excluding carboxylic acids is 2. The van der Waals surface area contributed by atoms with Gasteiger partial charge in [-0.2, -0.15) is 0 Å². The van der Waals surface area contributed by atoms with Crippen molar-refractivity contribution in [1.82, 2.24) is 10.2 Å². The number of hydrogen-bond acceptors (Lipinski definition) is 3. The number of ether oxygens (including phenoxy) is 1. The van der Waals surface area contributed by atoms with Crippen molar-refractivity contribution in [3.05, 3.63) is 35.9 Å². The summed E-state index contributed by atoms with van der Waals surface area (Å²) in [5, 5.41) is 2.84. The fourth-order valence-electron chi connectivity index (χ4n) is 5.28. The van der Waals surface area contributed by atoms with Gasteiger partial charge in [-0.1, -0.05) is 30.3 Å². The zero-order valence-electron chi connectivity index (χ0n) is 15.7. The molecule has 4 rings (SSSR count). The van der Waals surface area contributed by atoms with E-state index in [0.717, 1.165) is 13.1 Å². The van der Waals surface area contributed by atoms with Gasteiger partial charge in [-0.25, -0.2) is 4.79 Å². The van der Waals surface area contributed by atoms with E-state index in [9.17, 15) is 9.59 Å². The number of nitrogens with zero attached hydrogens (tertiary/aromatic N) is 1. The van der Waals surface area contributed by atoms with Crippen LogP contribution in [0.1, 0.15) is 50.5 Å². The van der Waals surface area contributed by atoms with E-state index < -0.39 is 6.09 Å². The second kappa shape index (κ2) is 6.29. The largest absolute Gasteiger partial charge is 0.453 e. The van der Waals surface area contributed by atoms with Crippen LogP contribution in [0, 0.1) is 11.3 Å². The molecule has 5 heteroatoms. The minimum Gasteiger partial charge on any atom is -0.453 e. The second-order valence-corrected chi connectivity index (χ2v) is 8.83. The lowest BCUT2D eigenvalue weighted by Crippen LogP contribution is -2.63. The van der Waals surface area contributed by atoms with Crippen LogP contribution >= 0.6 is 0 Å². The van der Waals surface area contributed by atoms with Crippen LogP contribution in [0.3, 0.4) is 0 Å². The van der Waals surface area contributed by atoms with Crippen LogP contribution in [0.5, 0.6) is 0 Å². The molecule has 1 atom stereocenters. The van der Waals surface area contributed by atoms with Crippen LogP contribution in [0.25, 0.3) is 0 Å². The molecule has 26 heavy (non-hydrogen) atoms. The van der Waals surface area contributed by atoms with E-state index in [-0.39, 0.29) is 17.4 Å². The lowest BCUT2D eigenvalue weighted by atomic mass is 9.67. The molecule has 1 aromatic carbocycles. The molecule has 2 saturated carbocycles. The zero-order valence-corrected chi connectivity index (χ0v) is 15.7. The smallest absolute Gasteiger partial charge is 0.407 e. The summed E-state index contributed by atoms with van der Waals surface area (Å²) in [4.78, 5) is 26.1. The number of benzene rings is 1. The van der Waals surface area contributed by atoms with Gasteiger partial charge in [0.15, 0.2) is 0 Å². The molecular weight excluding hydrogens is 328 g/mol. The van der Waals surface area contributed by atoms with Gasteiger partial charge < -0.3 is 15.0 Å². The maximum absolute atomic E-state index is 12.7. The number of likely N-dealkylation sites (tertiary alicyclic amines) is 1. The molecule has 3 aliphatic rings. The first-order valence-corrected chi connectivity index (χ1v) is 9.62. The number of alkyl carbamates (subject to hydrolysis) is 1. The van der Waals surface area contributed by atoms with Gasteiger partial charge in [0.2, 0.25) is 5.91 Å². The third kappa shape index (κ3) is 3.08. The van der Waals surface area contributed by atoms with Crippen molar-refractivity contribution in [2.24, 2.45) is 11.3 Å². The molecule has 2 aliphatic carbocycles. The number of hydrogen-bond donors (Lipinski definition) is 1. The van der Waals surface area contributed by atoms with Gasteiger partial charge in [0.25, 0.3) is 0 Å². The molecule has 1 aromatic rings. The fraction of sp³-hybridized carbons (Fsp3) is 0.619. The Hall–Kier alpha value is -2.04. The van der Waals surface area contributed by atoms with E-state index >= 15 is 0 Å². The monoisotopic (exact) mass is 356 g/mol. The van der Waals surface area contributed by atoms with Gasteiger partial charge in [-0.3, -0.25) is 4.79 Å². The molecule has 0 unspecified atom stereocenters. The van der Waals surface area contributed by atoms with Gasteiger partial charge in [0.05, 0.1) is 7.11 Å². The first-order valence-electron chi connectivity index (χ1n) is 9.62. The van der Waals surface area contributed by atoms with Crippen LogP contribution in [0.4, 0.5) is 4.79 Å². The molecule has 0 bridgehead atoms. The quantitative estimate of drug-likeness (QED) is 0.904. The Morgan fingerprint density at radius 2 is 1.85 bits per heavy atom. The summed E-state index contributed by atoms with van der Waals surface area (Å²) in [5.41, 5.74) is 1.48. The fourth-order valence-corrected chi connectivity index (χ4v) is 5.28. The topological polar surface area (TPSA) is 58.6 Å². The van der Waals surface area contributed by atoms with E-state index in [2.05, 4.69) is 40.4 Å². The van der Waals surface area contributed by atoms with E-state index in [1.165, 1.54) is 31.9 Å². The molecule has 1 spiro atoms. The highest BCUT2D eigenvalue weighted by Gasteiger charge is 2.53. The minimum absolute atomic E-state index is 0.0424. The minimum atomic E-state index is -0.417. The Labute approximate surface area is 155 Å². The summed E-state index contributed by atoms with van der Waals surface area (Å²) in [6.45, 7) is 3.80. The van der Waals surface area contributed by atoms with Gasteiger partial charge >= 0.3 is 6.09 Å². The number of amides is 2. The third-order valence-electron chi connectivity index (χ3n) is 6.67. The molecule has 0 radical (unpaired) electrons. The van der Waals surface area contributed by atoms with Gasteiger partial charge in [-0.15, -0.1) is 0 Å². The van der Waals surface area contributed by atoms with Gasteiger partial charge in [-0.05, 0) is 50.5 Å². The Balaban J connectivity index is 1.27. The molecule has 5 nitrogen and oxygen atoms in total. The normalized spacial score (nSPS) is 31.8. The Morgan fingerprint density at radius 1 is 1.15 bits per heavy atom. The Morgan fingerprint density at radius 3 is 2.50 bits per heavy atom. The van der Waals surface area contributed by atoms with E-state index in [0.29, 0.717) is 24.2 Å². The van der Waals surface area contributed by atoms with Crippen molar-refractivity contribution in [3.8, 4) is 0 Å². The molecule has 0 aromatic heterocycles. The average molecular weight is 356 g/mol. The van der Waals surface area contributed by atoms with Crippen molar-refractivity contribution >= 4 is 12.0 Å². The first kappa shape index (κ1) is 17.4. The molecule has 140 valence electrons. The predicted octanol–water partition coefficient (Wildman–Crippen LogP) is 3.31. The third-order valence-corrected chi connectivity index (χ3v) is 6.67. The summed E-state index contributed by atoms with van der Waals surface area (Å²) < 4.78 is 4.66. The SMILES string of the molecule is COC(=O)NC1(C)CC(C(=O)N2CC3(CC[C@@H](c4ccccc4)C3)C2)C1. The van der Waals surface area contributed by atoms with Crippen molar-refractivity contribution in [2.75, 3.05) is 20.2 Å². The summed E-state index contributed by atoms with van der Waals surface area (Å²) in [6.07, 6.45) is 4.65. The van der Waals surface area contributed by atoms with Crippen LogP contribution < -0.4 is 5.32 Å². The van der Waals surface area contributed by atoms with Crippen LogP contribution in [-0.2, 0) is 9.53 Å². The summed E-state index contributed by atoms with van der Waals surface area (Å²) in [5.74, 6) is 0.952. The number of rotatable bonds is 3. The second-order valence-electron chi connectivity index (χ2n) is 8.83. The zero-order chi connectivity index (χ0) is 18.4. The van der Waals surface area contributed by atoms with Crippen LogP contribution in [0.2, 0.25) is 0 Å². The number of methoxy groups -OCH3 is 1. The molecule has 1 N–H and O–H groups in total. The Kier molecular flexibility index (Phi) is 4.20.